The fourth-order valence-electron chi connectivity index (χ4n) is 5.75. The predicted molar refractivity (Wildman–Crippen MR) is 124 cm³/mol. The molecule has 0 unspecified atom stereocenters. The molecule has 172 valence electrons. The maximum absolute atomic E-state index is 13.7. The molecule has 1 saturated carbocycles. The Balaban J connectivity index is 1.33. The van der Waals surface area contributed by atoms with Crippen LogP contribution in [0.3, 0.4) is 0 Å². The molecule has 3 fully saturated rings. The Hall–Kier alpha value is -3.19. The van der Waals surface area contributed by atoms with E-state index in [0.29, 0.717) is 17.0 Å². The van der Waals surface area contributed by atoms with Crippen molar-refractivity contribution in [2.75, 3.05) is 19.6 Å². The number of carbonyl (C=O) groups is 3. The highest BCUT2D eigenvalue weighted by molar-refractivity contribution is 6.10. The molecule has 2 N–H and O–H groups in total. The van der Waals surface area contributed by atoms with E-state index < -0.39 is 17.5 Å². The quantitative estimate of drug-likeness (QED) is 0.692. The maximum atomic E-state index is 13.7. The van der Waals surface area contributed by atoms with Crippen LogP contribution in [0.2, 0.25) is 0 Å². The van der Waals surface area contributed by atoms with Gasteiger partial charge >= 0.3 is 6.03 Å². The average molecular weight is 447 g/mol. The summed E-state index contributed by atoms with van der Waals surface area (Å²) >= 11 is 0. The van der Waals surface area contributed by atoms with Crippen molar-refractivity contribution in [3.05, 3.63) is 71.8 Å². The standard InChI is InChI=1S/C26H30N4O3/c31-23(18-29-16-15-19-9-7-8-10-20(19)17-29)28-30-24(32)26(27-25(30)33,21-11-3-1-4-12-21)22-13-5-2-6-14-22/h1-6,11-14,19-20H,7-10,15-18H2,(H,27,33)(H,28,31)/t19-,20-/m1/s1. The second-order valence-electron chi connectivity index (χ2n) is 9.42. The molecule has 0 radical (unpaired) electrons. The van der Waals surface area contributed by atoms with Gasteiger partial charge in [-0.15, -0.1) is 0 Å². The number of hydrazine groups is 1. The highest BCUT2D eigenvalue weighted by atomic mass is 16.2. The number of nitrogens with zero attached hydrogens (tertiary/aromatic N) is 2. The van der Waals surface area contributed by atoms with Crippen LogP contribution in [-0.2, 0) is 15.1 Å². The molecule has 33 heavy (non-hydrogen) atoms. The molecule has 7 heteroatoms. The third kappa shape index (κ3) is 4.02. The molecule has 0 aromatic heterocycles. The summed E-state index contributed by atoms with van der Waals surface area (Å²) in [5.74, 6) is 0.580. The molecule has 2 aliphatic heterocycles. The summed E-state index contributed by atoms with van der Waals surface area (Å²) in [6.45, 7) is 1.98. The minimum Gasteiger partial charge on any atom is -0.314 e. The zero-order valence-electron chi connectivity index (χ0n) is 18.7. The Labute approximate surface area is 194 Å². The van der Waals surface area contributed by atoms with Crippen LogP contribution in [0.1, 0.15) is 43.2 Å². The second-order valence-corrected chi connectivity index (χ2v) is 9.42. The molecule has 0 bridgehead atoms. The first-order valence-electron chi connectivity index (χ1n) is 11.9. The van der Waals surface area contributed by atoms with Crippen LogP contribution in [0.25, 0.3) is 0 Å². The number of likely N-dealkylation sites (tertiary alicyclic amines) is 1. The van der Waals surface area contributed by atoms with Gasteiger partial charge in [0.1, 0.15) is 0 Å². The van der Waals surface area contributed by atoms with Crippen molar-refractivity contribution >= 4 is 17.8 Å². The minimum atomic E-state index is -1.38. The van der Waals surface area contributed by atoms with E-state index in [1.165, 1.54) is 25.7 Å². The highest BCUT2D eigenvalue weighted by Gasteiger charge is 2.54. The lowest BCUT2D eigenvalue weighted by Crippen LogP contribution is -2.52. The lowest BCUT2D eigenvalue weighted by Gasteiger charge is -2.41. The molecule has 2 atom stereocenters. The Morgan fingerprint density at radius 2 is 1.52 bits per heavy atom. The first-order valence-corrected chi connectivity index (χ1v) is 11.9. The van der Waals surface area contributed by atoms with Crippen LogP contribution in [0.4, 0.5) is 4.79 Å². The number of rotatable bonds is 5. The van der Waals surface area contributed by atoms with Gasteiger partial charge in [0.25, 0.3) is 11.8 Å². The largest absolute Gasteiger partial charge is 0.344 e. The third-order valence-electron chi connectivity index (χ3n) is 7.41. The first-order chi connectivity index (χ1) is 16.1. The van der Waals surface area contributed by atoms with Crippen molar-refractivity contribution < 1.29 is 14.4 Å². The summed E-state index contributed by atoms with van der Waals surface area (Å²) in [7, 11) is 0. The van der Waals surface area contributed by atoms with E-state index in [4.69, 9.17) is 0 Å². The fraction of sp³-hybridized carbons (Fsp3) is 0.423. The Kier molecular flexibility index (Phi) is 5.89. The van der Waals surface area contributed by atoms with Gasteiger partial charge in [-0.1, -0.05) is 79.9 Å². The zero-order valence-corrected chi connectivity index (χ0v) is 18.7. The van der Waals surface area contributed by atoms with Gasteiger partial charge in [0, 0.05) is 6.54 Å². The van der Waals surface area contributed by atoms with E-state index in [0.717, 1.165) is 30.4 Å². The summed E-state index contributed by atoms with van der Waals surface area (Å²) < 4.78 is 0. The van der Waals surface area contributed by atoms with Crippen molar-refractivity contribution in [3.8, 4) is 0 Å². The van der Waals surface area contributed by atoms with Gasteiger partial charge in [0.2, 0.25) is 0 Å². The van der Waals surface area contributed by atoms with Crippen molar-refractivity contribution in [1.82, 2.24) is 20.7 Å². The Morgan fingerprint density at radius 3 is 2.15 bits per heavy atom. The average Bonchev–Trinajstić information content (AvgIpc) is 3.10. The zero-order chi connectivity index (χ0) is 22.8. The molecule has 2 aromatic carbocycles. The van der Waals surface area contributed by atoms with Crippen LogP contribution in [-0.4, -0.2) is 47.4 Å². The number of amides is 4. The summed E-state index contributed by atoms with van der Waals surface area (Å²) in [4.78, 5) is 41.6. The van der Waals surface area contributed by atoms with E-state index in [9.17, 15) is 14.4 Å². The molecule has 5 rings (SSSR count). The smallest absolute Gasteiger partial charge is 0.314 e. The molecular formula is C26H30N4O3. The molecule has 1 aliphatic carbocycles. The van der Waals surface area contributed by atoms with Gasteiger partial charge in [0.05, 0.1) is 6.54 Å². The van der Waals surface area contributed by atoms with Crippen LogP contribution >= 0.6 is 0 Å². The van der Waals surface area contributed by atoms with E-state index in [1.807, 2.05) is 60.7 Å². The van der Waals surface area contributed by atoms with Gasteiger partial charge < -0.3 is 5.32 Å². The lowest BCUT2D eigenvalue weighted by atomic mass is 9.75. The lowest BCUT2D eigenvalue weighted by molar-refractivity contribution is -0.139. The van der Waals surface area contributed by atoms with Gasteiger partial charge in [-0.2, -0.15) is 5.01 Å². The van der Waals surface area contributed by atoms with Crippen LogP contribution < -0.4 is 10.7 Å². The van der Waals surface area contributed by atoms with Crippen LogP contribution in [0, 0.1) is 11.8 Å². The van der Waals surface area contributed by atoms with E-state index >= 15 is 0 Å². The molecule has 3 aliphatic rings. The van der Waals surface area contributed by atoms with E-state index in [1.54, 1.807) is 0 Å². The van der Waals surface area contributed by atoms with E-state index in [-0.39, 0.29) is 12.5 Å². The van der Waals surface area contributed by atoms with Crippen LogP contribution in [0.15, 0.2) is 60.7 Å². The molecule has 2 aromatic rings. The summed E-state index contributed by atoms with van der Waals surface area (Å²) in [6, 6.07) is 17.6. The number of imide groups is 1. The van der Waals surface area contributed by atoms with Gasteiger partial charge in [-0.25, -0.2) is 4.79 Å². The number of urea groups is 1. The van der Waals surface area contributed by atoms with Crippen molar-refractivity contribution in [1.29, 1.82) is 0 Å². The molecule has 0 spiro atoms. The fourth-order valence-corrected chi connectivity index (χ4v) is 5.75. The minimum absolute atomic E-state index is 0.184. The summed E-state index contributed by atoms with van der Waals surface area (Å²) in [5.41, 5.74) is 2.49. The number of hydrogen-bond donors (Lipinski definition) is 2. The Bertz CT molecular complexity index is 987. The maximum Gasteiger partial charge on any atom is 0.344 e. The molecular weight excluding hydrogens is 416 g/mol. The molecule has 7 nitrogen and oxygen atoms in total. The molecule has 4 amide bonds. The number of fused-ring (bicyclic) bond motifs is 1. The second kappa shape index (κ2) is 8.98. The SMILES string of the molecule is O=C(CN1CC[C@H]2CCCC[C@@H]2C1)NN1C(=O)NC(c2ccccc2)(c2ccccc2)C1=O. The van der Waals surface area contributed by atoms with Gasteiger partial charge in [-0.05, 0) is 42.3 Å². The number of hydrogen-bond acceptors (Lipinski definition) is 4. The molecule has 2 saturated heterocycles. The van der Waals surface area contributed by atoms with Crippen LogP contribution in [0.5, 0.6) is 0 Å². The first kappa shape index (κ1) is 21.6. The summed E-state index contributed by atoms with van der Waals surface area (Å²) in [5, 5.41) is 3.70. The van der Waals surface area contributed by atoms with Crippen molar-refractivity contribution in [2.45, 2.75) is 37.6 Å². The van der Waals surface area contributed by atoms with Crippen molar-refractivity contribution in [3.63, 3.8) is 0 Å². The van der Waals surface area contributed by atoms with E-state index in [2.05, 4.69) is 15.6 Å². The topological polar surface area (TPSA) is 81.8 Å². The number of piperidine rings is 1. The van der Waals surface area contributed by atoms with Gasteiger partial charge in [0.15, 0.2) is 5.54 Å². The predicted octanol–water partition coefficient (Wildman–Crippen LogP) is 3.03. The van der Waals surface area contributed by atoms with Crippen molar-refractivity contribution in [2.24, 2.45) is 11.8 Å². The number of benzene rings is 2. The summed E-state index contributed by atoms with van der Waals surface area (Å²) in [6.07, 6.45) is 6.23. The normalized spacial score (nSPS) is 24.8. The highest BCUT2D eigenvalue weighted by Crippen LogP contribution is 2.37. The number of carbonyl (C=O) groups excluding carboxylic acids is 3. The number of nitrogens with one attached hydrogen (secondary N) is 2. The van der Waals surface area contributed by atoms with Gasteiger partial charge in [-0.3, -0.25) is 19.9 Å². The monoisotopic (exact) mass is 446 g/mol. The molecule has 2 heterocycles. The third-order valence-corrected chi connectivity index (χ3v) is 7.41. The Morgan fingerprint density at radius 1 is 0.909 bits per heavy atom.